The van der Waals surface area contributed by atoms with Crippen LogP contribution in [-0.2, 0) is 20.2 Å². The summed E-state index contributed by atoms with van der Waals surface area (Å²) in [5.41, 5.74) is 0.0211. The van der Waals surface area contributed by atoms with Gasteiger partial charge in [0.15, 0.2) is 11.6 Å². The number of amides is 1. The molecule has 1 amide bonds. The third-order valence-corrected chi connectivity index (χ3v) is 7.83. The number of rotatable bonds is 5. The number of hydrogen-bond acceptors (Lipinski definition) is 3. The number of hydrogen-bond donors (Lipinski definition) is 0. The van der Waals surface area contributed by atoms with Crippen LogP contribution in [0.1, 0.15) is 32.3 Å². The number of nitrogens with zero attached hydrogens (tertiary/aromatic N) is 2. The summed E-state index contributed by atoms with van der Waals surface area (Å²) in [6.45, 7) is 4.07. The highest BCUT2D eigenvalue weighted by Crippen LogP contribution is 2.39. The van der Waals surface area contributed by atoms with Crippen molar-refractivity contribution in [3.05, 3.63) is 65.7 Å². The lowest BCUT2D eigenvalue weighted by Crippen LogP contribution is -2.54. The van der Waals surface area contributed by atoms with Gasteiger partial charge >= 0.3 is 0 Å². The second kappa shape index (κ2) is 8.43. The summed E-state index contributed by atoms with van der Waals surface area (Å²) in [6, 6.07) is 12.0. The zero-order valence-corrected chi connectivity index (χ0v) is 18.1. The molecule has 0 atom stereocenters. The van der Waals surface area contributed by atoms with Crippen molar-refractivity contribution >= 4 is 15.9 Å². The monoisotopic (exact) mass is 436 g/mol. The van der Waals surface area contributed by atoms with Crippen LogP contribution >= 0.6 is 0 Å². The van der Waals surface area contributed by atoms with E-state index in [4.69, 9.17) is 0 Å². The first-order valence-electron chi connectivity index (χ1n) is 9.87. The fraction of sp³-hybridized carbons (Fsp3) is 0.409. The van der Waals surface area contributed by atoms with Gasteiger partial charge in [0.1, 0.15) is 0 Å². The molecular weight excluding hydrogens is 410 g/mol. The minimum absolute atomic E-state index is 0.00189. The lowest BCUT2D eigenvalue weighted by Gasteiger charge is -2.43. The minimum atomic E-state index is -3.99. The summed E-state index contributed by atoms with van der Waals surface area (Å²) in [5, 5.41) is 0. The van der Waals surface area contributed by atoms with Gasteiger partial charge in [0.2, 0.25) is 15.9 Å². The average molecular weight is 437 g/mol. The highest BCUT2D eigenvalue weighted by molar-refractivity contribution is 7.89. The van der Waals surface area contributed by atoms with Gasteiger partial charge in [0, 0.05) is 26.2 Å². The van der Waals surface area contributed by atoms with Crippen LogP contribution in [0.2, 0.25) is 0 Å². The second-order valence-corrected chi connectivity index (χ2v) is 9.88. The molecule has 0 spiro atoms. The van der Waals surface area contributed by atoms with Gasteiger partial charge in [-0.1, -0.05) is 30.3 Å². The number of sulfonamides is 1. The first-order chi connectivity index (χ1) is 14.1. The van der Waals surface area contributed by atoms with Crippen LogP contribution in [0.4, 0.5) is 8.78 Å². The van der Waals surface area contributed by atoms with E-state index in [0.29, 0.717) is 18.9 Å². The van der Waals surface area contributed by atoms with E-state index in [1.807, 2.05) is 44.2 Å². The SMILES string of the molecule is CC(C)N(C)C(=O)C1(c2ccccc2)CCN(S(=O)(=O)c2ccc(F)c(F)c2)CC1. The van der Waals surface area contributed by atoms with Gasteiger partial charge in [0.05, 0.1) is 10.3 Å². The third kappa shape index (κ3) is 3.98. The molecule has 0 aromatic heterocycles. The van der Waals surface area contributed by atoms with Gasteiger partial charge in [-0.05, 0) is 50.5 Å². The molecule has 2 aromatic rings. The van der Waals surface area contributed by atoms with E-state index in [0.717, 1.165) is 17.7 Å². The van der Waals surface area contributed by atoms with E-state index in [2.05, 4.69) is 0 Å². The average Bonchev–Trinajstić information content (AvgIpc) is 2.75. The number of halogens is 2. The fourth-order valence-electron chi connectivity index (χ4n) is 3.85. The molecule has 1 saturated heterocycles. The normalized spacial score (nSPS) is 17.1. The first-order valence-corrected chi connectivity index (χ1v) is 11.3. The lowest BCUT2D eigenvalue weighted by atomic mass is 9.72. The molecule has 1 heterocycles. The van der Waals surface area contributed by atoms with Gasteiger partial charge in [-0.2, -0.15) is 4.31 Å². The highest BCUT2D eigenvalue weighted by Gasteiger charge is 2.46. The van der Waals surface area contributed by atoms with E-state index in [-0.39, 0.29) is 29.9 Å². The second-order valence-electron chi connectivity index (χ2n) is 7.94. The highest BCUT2D eigenvalue weighted by atomic mass is 32.2. The Labute approximate surface area is 176 Å². The topological polar surface area (TPSA) is 57.7 Å². The van der Waals surface area contributed by atoms with Crippen molar-refractivity contribution in [3.63, 3.8) is 0 Å². The maximum absolute atomic E-state index is 13.6. The molecule has 0 saturated carbocycles. The Hall–Kier alpha value is -2.32. The largest absolute Gasteiger partial charge is 0.343 e. The molecule has 0 unspecified atom stereocenters. The molecule has 5 nitrogen and oxygen atoms in total. The molecular formula is C22H26F2N2O3S. The first kappa shape index (κ1) is 22.4. The van der Waals surface area contributed by atoms with E-state index >= 15 is 0 Å². The van der Waals surface area contributed by atoms with Crippen molar-refractivity contribution in [1.82, 2.24) is 9.21 Å². The summed E-state index contributed by atoms with van der Waals surface area (Å²) in [7, 11) is -2.24. The predicted molar refractivity (Wildman–Crippen MR) is 110 cm³/mol. The maximum atomic E-state index is 13.6. The van der Waals surface area contributed by atoms with Crippen LogP contribution in [0.3, 0.4) is 0 Å². The Bertz CT molecular complexity index is 1020. The molecule has 162 valence electrons. The van der Waals surface area contributed by atoms with Crippen LogP contribution in [0.15, 0.2) is 53.4 Å². The number of likely N-dealkylation sites (N-methyl/N-ethyl adjacent to an activating group) is 1. The Morgan fingerprint density at radius 2 is 1.63 bits per heavy atom. The van der Waals surface area contributed by atoms with E-state index in [1.165, 1.54) is 4.31 Å². The molecule has 0 aliphatic carbocycles. The van der Waals surface area contributed by atoms with Crippen molar-refractivity contribution in [2.24, 2.45) is 0 Å². The third-order valence-electron chi connectivity index (χ3n) is 5.94. The number of piperidine rings is 1. The molecule has 3 rings (SSSR count). The fourth-order valence-corrected chi connectivity index (χ4v) is 5.30. The molecule has 0 bridgehead atoms. The number of carbonyl (C=O) groups excluding carboxylic acids is 1. The standard InChI is InChI=1S/C22H26F2N2O3S/c1-16(2)25(3)21(27)22(17-7-5-4-6-8-17)11-13-26(14-12-22)30(28,29)18-9-10-19(23)20(24)15-18/h4-10,15-16H,11-14H2,1-3H3. The van der Waals surface area contributed by atoms with Gasteiger partial charge in [0.25, 0.3) is 0 Å². The van der Waals surface area contributed by atoms with Gasteiger partial charge in [-0.25, -0.2) is 17.2 Å². The molecule has 0 N–H and O–H groups in total. The Kier molecular flexibility index (Phi) is 6.29. The smallest absolute Gasteiger partial charge is 0.243 e. The Morgan fingerprint density at radius 1 is 1.03 bits per heavy atom. The molecule has 0 radical (unpaired) electrons. The lowest BCUT2D eigenvalue weighted by molar-refractivity contribution is -0.139. The van der Waals surface area contributed by atoms with E-state index in [1.54, 1.807) is 11.9 Å². The molecule has 1 fully saturated rings. The van der Waals surface area contributed by atoms with Gasteiger partial charge < -0.3 is 4.90 Å². The van der Waals surface area contributed by atoms with Crippen LogP contribution in [0.25, 0.3) is 0 Å². The zero-order chi connectivity index (χ0) is 22.1. The summed E-state index contributed by atoms with van der Waals surface area (Å²) in [4.78, 5) is 14.8. The van der Waals surface area contributed by atoms with Crippen molar-refractivity contribution in [3.8, 4) is 0 Å². The van der Waals surface area contributed by atoms with Crippen molar-refractivity contribution in [2.75, 3.05) is 20.1 Å². The predicted octanol–water partition coefficient (Wildman–Crippen LogP) is 3.55. The van der Waals surface area contributed by atoms with Gasteiger partial charge in [-0.3, -0.25) is 4.79 Å². The maximum Gasteiger partial charge on any atom is 0.243 e. The molecule has 1 aliphatic rings. The van der Waals surface area contributed by atoms with Crippen LogP contribution in [-0.4, -0.2) is 49.7 Å². The zero-order valence-electron chi connectivity index (χ0n) is 17.3. The van der Waals surface area contributed by atoms with Crippen LogP contribution < -0.4 is 0 Å². The summed E-state index contributed by atoms with van der Waals surface area (Å²) in [5.74, 6) is -2.35. The summed E-state index contributed by atoms with van der Waals surface area (Å²) >= 11 is 0. The Balaban J connectivity index is 1.91. The molecule has 30 heavy (non-hydrogen) atoms. The van der Waals surface area contributed by atoms with Crippen molar-refractivity contribution < 1.29 is 22.0 Å². The number of carbonyl (C=O) groups is 1. The summed E-state index contributed by atoms with van der Waals surface area (Å²) in [6.07, 6.45) is 0.603. The van der Waals surface area contributed by atoms with Crippen molar-refractivity contribution in [1.29, 1.82) is 0 Å². The molecule has 8 heteroatoms. The minimum Gasteiger partial charge on any atom is -0.343 e. The van der Waals surface area contributed by atoms with E-state index < -0.39 is 27.1 Å². The molecule has 1 aliphatic heterocycles. The van der Waals surface area contributed by atoms with Crippen molar-refractivity contribution in [2.45, 2.75) is 43.0 Å². The number of benzene rings is 2. The quantitative estimate of drug-likeness (QED) is 0.720. The van der Waals surface area contributed by atoms with Crippen LogP contribution in [0.5, 0.6) is 0 Å². The van der Waals surface area contributed by atoms with E-state index in [9.17, 15) is 22.0 Å². The van der Waals surface area contributed by atoms with Gasteiger partial charge in [-0.15, -0.1) is 0 Å². The Morgan fingerprint density at radius 3 is 2.17 bits per heavy atom. The van der Waals surface area contributed by atoms with Crippen LogP contribution in [0, 0.1) is 11.6 Å². The summed E-state index contributed by atoms with van der Waals surface area (Å²) < 4.78 is 53.9. The molecule has 2 aromatic carbocycles.